The van der Waals surface area contributed by atoms with Crippen LogP contribution >= 0.6 is 0 Å². The number of aryl methyl sites for hydroxylation is 1. The number of hydrogen-bond donors (Lipinski definition) is 1. The van der Waals surface area contributed by atoms with Crippen LogP contribution in [0.1, 0.15) is 50.3 Å². The number of benzene rings is 2. The fourth-order valence-corrected chi connectivity index (χ4v) is 5.55. The van der Waals surface area contributed by atoms with Crippen LogP contribution < -0.4 is 5.32 Å². The van der Waals surface area contributed by atoms with E-state index in [1.54, 1.807) is 0 Å². The Morgan fingerprint density at radius 1 is 1.10 bits per heavy atom. The van der Waals surface area contributed by atoms with Gasteiger partial charge in [-0.05, 0) is 84.5 Å². The Morgan fingerprint density at radius 2 is 1.81 bits per heavy atom. The smallest absolute Gasteiger partial charge is 0.407 e. The zero-order valence-corrected chi connectivity index (χ0v) is 18.4. The summed E-state index contributed by atoms with van der Waals surface area (Å²) in [6, 6.07) is 12.9. The van der Waals surface area contributed by atoms with E-state index in [1.165, 1.54) is 17.7 Å². The van der Waals surface area contributed by atoms with Crippen LogP contribution in [0, 0.1) is 17.2 Å². The van der Waals surface area contributed by atoms with Crippen LogP contribution in [0.5, 0.6) is 0 Å². The topological polar surface area (TPSA) is 41.6 Å². The summed E-state index contributed by atoms with van der Waals surface area (Å²) in [5.74, 6) is 0.273. The Hall–Kier alpha value is -2.40. The molecule has 2 aromatic rings. The molecule has 0 aromatic heterocycles. The van der Waals surface area contributed by atoms with Gasteiger partial charge in [0.1, 0.15) is 11.9 Å². The number of nitrogens with zero attached hydrogens (tertiary/aromatic N) is 1. The molecule has 31 heavy (non-hydrogen) atoms. The van der Waals surface area contributed by atoms with Crippen LogP contribution in [0.25, 0.3) is 11.1 Å². The second kappa shape index (κ2) is 7.94. The van der Waals surface area contributed by atoms with E-state index in [1.807, 2.05) is 12.1 Å². The molecule has 0 radical (unpaired) electrons. The van der Waals surface area contributed by atoms with E-state index in [-0.39, 0.29) is 29.5 Å². The number of rotatable bonds is 3. The number of carbonyl (C=O) groups excluding carboxylic acids is 1. The molecular formula is C26H31FN2O2. The van der Waals surface area contributed by atoms with Crippen LogP contribution in [0.15, 0.2) is 42.5 Å². The second-order valence-electron chi connectivity index (χ2n) is 10.1. The molecule has 1 aliphatic carbocycles. The summed E-state index contributed by atoms with van der Waals surface area (Å²) in [7, 11) is 0. The fourth-order valence-electron chi connectivity index (χ4n) is 5.55. The minimum atomic E-state index is -0.299. The van der Waals surface area contributed by atoms with Gasteiger partial charge in [0.15, 0.2) is 0 Å². The van der Waals surface area contributed by atoms with Crippen LogP contribution in [-0.2, 0) is 11.2 Å². The Morgan fingerprint density at radius 3 is 2.48 bits per heavy atom. The molecule has 164 valence electrons. The summed E-state index contributed by atoms with van der Waals surface area (Å²) in [4.78, 5) is 15.3. The Kier molecular flexibility index (Phi) is 5.25. The number of carbonyl (C=O) groups is 1. The second-order valence-corrected chi connectivity index (χ2v) is 10.1. The minimum Gasteiger partial charge on any atom is -0.445 e. The fraction of sp³-hybridized carbons (Fsp3) is 0.500. The normalized spacial score (nSPS) is 28.6. The summed E-state index contributed by atoms with van der Waals surface area (Å²) in [5, 5.41) is 3.21. The molecule has 1 amide bonds. The maximum atomic E-state index is 13.3. The molecule has 3 fully saturated rings. The van der Waals surface area contributed by atoms with E-state index in [9.17, 15) is 9.18 Å². The monoisotopic (exact) mass is 422 g/mol. The van der Waals surface area contributed by atoms with Crippen molar-refractivity contribution in [2.45, 2.75) is 51.7 Å². The van der Waals surface area contributed by atoms with Gasteiger partial charge < -0.3 is 10.1 Å². The highest BCUT2D eigenvalue weighted by atomic mass is 19.1. The first-order valence-corrected chi connectivity index (χ1v) is 11.5. The van der Waals surface area contributed by atoms with Crippen LogP contribution in [0.2, 0.25) is 0 Å². The molecule has 4 nitrogen and oxygen atoms in total. The van der Waals surface area contributed by atoms with Gasteiger partial charge in [-0.3, -0.25) is 4.90 Å². The molecule has 0 saturated carbocycles. The largest absolute Gasteiger partial charge is 0.445 e. The Balaban J connectivity index is 1.35. The Labute approximate surface area is 183 Å². The average molecular weight is 423 g/mol. The minimum absolute atomic E-state index is 0.00882. The maximum absolute atomic E-state index is 13.3. The van der Waals surface area contributed by atoms with Gasteiger partial charge >= 0.3 is 6.09 Å². The van der Waals surface area contributed by atoms with Crippen molar-refractivity contribution in [1.29, 1.82) is 0 Å². The van der Waals surface area contributed by atoms with E-state index >= 15 is 0 Å². The lowest BCUT2D eigenvalue weighted by Gasteiger charge is -2.44. The predicted octanol–water partition coefficient (Wildman–Crippen LogP) is 5.33. The first kappa shape index (κ1) is 20.5. The molecule has 5 heteroatoms. The van der Waals surface area contributed by atoms with E-state index in [0.717, 1.165) is 62.0 Å². The zero-order valence-electron chi connectivity index (χ0n) is 18.4. The van der Waals surface area contributed by atoms with Crippen molar-refractivity contribution in [2.24, 2.45) is 11.3 Å². The van der Waals surface area contributed by atoms with Gasteiger partial charge in [0, 0.05) is 6.54 Å². The summed E-state index contributed by atoms with van der Waals surface area (Å²) < 4.78 is 19.2. The molecule has 2 aromatic carbocycles. The molecule has 1 N–H and O–H groups in total. The van der Waals surface area contributed by atoms with Crippen LogP contribution in [-0.4, -0.2) is 36.7 Å². The number of hydrogen-bond acceptors (Lipinski definition) is 3. The molecule has 6 rings (SSSR count). The molecule has 2 atom stereocenters. The predicted molar refractivity (Wildman–Crippen MR) is 119 cm³/mol. The summed E-state index contributed by atoms with van der Waals surface area (Å²) in [6.07, 6.45) is 3.91. The third-order valence-electron chi connectivity index (χ3n) is 7.57. The SMILES string of the molecule is CC1(C)CCc2cc(-c3ccc(F)cc3)ccc2C1NC(=O)O[C@@H]1CN2CCC1CC2. The van der Waals surface area contributed by atoms with Crippen molar-refractivity contribution in [2.75, 3.05) is 19.6 Å². The standard InChI is InChI=1S/C26H31FN2O2/c1-26(2)12-9-20-15-19(17-3-6-21(27)7-4-17)5-8-22(20)24(26)28-25(30)31-23-16-29-13-10-18(23)11-14-29/h3-8,15,18,23-24H,9-14,16H2,1-2H3,(H,28,30)/t23-,24?/m1/s1. The van der Waals surface area contributed by atoms with E-state index in [2.05, 4.69) is 42.3 Å². The molecule has 4 aliphatic rings. The number of fused-ring (bicyclic) bond motifs is 4. The number of halogens is 1. The number of piperidine rings is 3. The van der Waals surface area contributed by atoms with E-state index in [4.69, 9.17) is 4.74 Å². The van der Waals surface area contributed by atoms with Gasteiger partial charge in [0.05, 0.1) is 6.04 Å². The molecule has 3 aliphatic heterocycles. The number of alkyl carbamates (subject to hydrolysis) is 1. The molecular weight excluding hydrogens is 391 g/mol. The lowest BCUT2D eigenvalue weighted by atomic mass is 9.70. The van der Waals surface area contributed by atoms with Gasteiger partial charge in [-0.2, -0.15) is 0 Å². The average Bonchev–Trinajstić information content (AvgIpc) is 2.77. The van der Waals surface area contributed by atoms with E-state index < -0.39 is 0 Å². The first-order valence-electron chi connectivity index (χ1n) is 11.5. The van der Waals surface area contributed by atoms with Gasteiger partial charge in [-0.15, -0.1) is 0 Å². The Bertz CT molecular complexity index is 964. The molecule has 2 bridgehead atoms. The van der Waals surface area contributed by atoms with Gasteiger partial charge in [-0.1, -0.05) is 44.2 Å². The number of nitrogens with one attached hydrogen (secondary N) is 1. The molecule has 3 saturated heterocycles. The zero-order chi connectivity index (χ0) is 21.6. The van der Waals surface area contributed by atoms with E-state index in [0.29, 0.717) is 5.92 Å². The lowest BCUT2D eigenvalue weighted by molar-refractivity contribution is -0.0353. The van der Waals surface area contributed by atoms with Crippen molar-refractivity contribution >= 4 is 6.09 Å². The summed E-state index contributed by atoms with van der Waals surface area (Å²) in [6.45, 7) is 7.55. The molecule has 1 unspecified atom stereocenters. The van der Waals surface area contributed by atoms with Crippen molar-refractivity contribution in [1.82, 2.24) is 10.2 Å². The summed E-state index contributed by atoms with van der Waals surface area (Å²) >= 11 is 0. The number of amides is 1. The van der Waals surface area contributed by atoms with Gasteiger partial charge in [0.25, 0.3) is 0 Å². The third kappa shape index (κ3) is 4.08. The first-order chi connectivity index (χ1) is 14.9. The summed E-state index contributed by atoms with van der Waals surface area (Å²) in [5.41, 5.74) is 4.42. The van der Waals surface area contributed by atoms with Crippen molar-refractivity contribution < 1.29 is 13.9 Å². The molecule has 0 spiro atoms. The lowest BCUT2D eigenvalue weighted by Crippen LogP contribution is -2.53. The highest BCUT2D eigenvalue weighted by Gasteiger charge is 2.40. The van der Waals surface area contributed by atoms with Crippen molar-refractivity contribution in [3.63, 3.8) is 0 Å². The van der Waals surface area contributed by atoms with Gasteiger partial charge in [0.2, 0.25) is 0 Å². The highest BCUT2D eigenvalue weighted by Crippen LogP contribution is 2.44. The van der Waals surface area contributed by atoms with Crippen LogP contribution in [0.3, 0.4) is 0 Å². The van der Waals surface area contributed by atoms with Crippen LogP contribution in [0.4, 0.5) is 9.18 Å². The van der Waals surface area contributed by atoms with Gasteiger partial charge in [-0.25, -0.2) is 9.18 Å². The quantitative estimate of drug-likeness (QED) is 0.727. The third-order valence-corrected chi connectivity index (χ3v) is 7.57. The molecule has 3 heterocycles. The highest BCUT2D eigenvalue weighted by molar-refractivity contribution is 5.70. The maximum Gasteiger partial charge on any atom is 0.407 e. The number of ether oxygens (including phenoxy) is 1. The van der Waals surface area contributed by atoms with Crippen molar-refractivity contribution in [3.05, 3.63) is 59.4 Å². The van der Waals surface area contributed by atoms with Crippen molar-refractivity contribution in [3.8, 4) is 11.1 Å².